The zero-order valence-corrected chi connectivity index (χ0v) is 11.2. The van der Waals surface area contributed by atoms with Crippen LogP contribution in [0.25, 0.3) is 0 Å². The predicted octanol–water partition coefficient (Wildman–Crippen LogP) is 1.48. The lowest BCUT2D eigenvalue weighted by molar-refractivity contribution is -0.147. The van der Waals surface area contributed by atoms with Gasteiger partial charge in [0.25, 0.3) is 0 Å². The van der Waals surface area contributed by atoms with Crippen molar-refractivity contribution in [2.75, 3.05) is 6.54 Å². The van der Waals surface area contributed by atoms with Gasteiger partial charge in [0.15, 0.2) is 0 Å². The first-order valence-corrected chi connectivity index (χ1v) is 6.64. The van der Waals surface area contributed by atoms with Crippen LogP contribution < -0.4 is 5.32 Å². The summed E-state index contributed by atoms with van der Waals surface area (Å²) in [6.45, 7) is 4.40. The Balaban J connectivity index is 1.97. The van der Waals surface area contributed by atoms with E-state index in [2.05, 4.69) is 19.2 Å². The monoisotopic (exact) mass is 258 g/mol. The summed E-state index contributed by atoms with van der Waals surface area (Å²) in [5.74, 6) is -0.0578. The van der Waals surface area contributed by atoms with E-state index in [4.69, 9.17) is 0 Å². The van der Waals surface area contributed by atoms with Crippen LogP contribution in [0.2, 0.25) is 0 Å². The number of amides is 2. The maximum absolute atomic E-state index is 12.2. The van der Waals surface area contributed by atoms with Gasteiger partial charge in [0.05, 0.1) is 6.54 Å². The Bertz CT molecular complexity index is 524. The van der Waals surface area contributed by atoms with E-state index >= 15 is 0 Å². The molecule has 2 atom stereocenters. The van der Waals surface area contributed by atoms with Gasteiger partial charge in [-0.15, -0.1) is 0 Å². The second-order valence-electron chi connectivity index (χ2n) is 6.04. The van der Waals surface area contributed by atoms with Crippen LogP contribution >= 0.6 is 0 Å². The molecule has 100 valence electrons. The zero-order chi connectivity index (χ0) is 13.6. The van der Waals surface area contributed by atoms with Gasteiger partial charge in [-0.3, -0.25) is 9.59 Å². The van der Waals surface area contributed by atoms with E-state index in [0.717, 1.165) is 12.0 Å². The maximum Gasteiger partial charge on any atom is 0.247 e. The summed E-state index contributed by atoms with van der Waals surface area (Å²) in [5, 5.41) is 2.69. The highest BCUT2D eigenvalue weighted by atomic mass is 16.2. The van der Waals surface area contributed by atoms with Crippen LogP contribution in [0.5, 0.6) is 0 Å². The summed E-state index contributed by atoms with van der Waals surface area (Å²) in [4.78, 5) is 26.2. The van der Waals surface area contributed by atoms with Crippen molar-refractivity contribution in [3.05, 3.63) is 35.9 Å². The third-order valence-corrected chi connectivity index (χ3v) is 4.14. The molecule has 19 heavy (non-hydrogen) atoms. The van der Waals surface area contributed by atoms with Crippen molar-refractivity contribution in [1.82, 2.24) is 10.2 Å². The normalized spacial score (nSPS) is 29.1. The van der Waals surface area contributed by atoms with Crippen LogP contribution in [-0.4, -0.2) is 29.3 Å². The fourth-order valence-corrected chi connectivity index (χ4v) is 2.84. The van der Waals surface area contributed by atoms with Crippen molar-refractivity contribution in [1.29, 1.82) is 0 Å². The molecule has 1 aromatic rings. The summed E-state index contributed by atoms with van der Waals surface area (Å²) in [5.41, 5.74) is 1.01. The van der Waals surface area contributed by atoms with Gasteiger partial charge in [0.2, 0.25) is 11.8 Å². The number of nitrogens with one attached hydrogen (secondary N) is 1. The number of rotatable bonds is 2. The number of nitrogens with zero attached hydrogens (tertiary/aromatic N) is 1. The molecular formula is C15H18N2O2. The Hall–Kier alpha value is -1.84. The van der Waals surface area contributed by atoms with Crippen molar-refractivity contribution < 1.29 is 9.59 Å². The molecule has 1 saturated heterocycles. The van der Waals surface area contributed by atoms with Crippen LogP contribution in [0, 0.1) is 5.41 Å². The Morgan fingerprint density at radius 1 is 1.21 bits per heavy atom. The fourth-order valence-electron chi connectivity index (χ4n) is 2.84. The molecule has 2 unspecified atom stereocenters. The second-order valence-corrected chi connectivity index (χ2v) is 6.04. The highest BCUT2D eigenvalue weighted by Gasteiger charge is 2.55. The lowest BCUT2D eigenvalue weighted by Gasteiger charge is -2.36. The SMILES string of the molecule is CC1(C)CC1N1C(=O)CNC(=O)C1c1ccccc1. The molecule has 0 bridgehead atoms. The van der Waals surface area contributed by atoms with Crippen LogP contribution in [-0.2, 0) is 9.59 Å². The largest absolute Gasteiger partial charge is 0.345 e. The third kappa shape index (κ3) is 2.01. The predicted molar refractivity (Wildman–Crippen MR) is 71.2 cm³/mol. The Morgan fingerprint density at radius 2 is 1.84 bits per heavy atom. The van der Waals surface area contributed by atoms with E-state index in [1.165, 1.54) is 0 Å². The average Bonchev–Trinajstić information content (AvgIpc) is 3.01. The van der Waals surface area contributed by atoms with E-state index < -0.39 is 6.04 Å². The van der Waals surface area contributed by atoms with Crippen molar-refractivity contribution >= 4 is 11.8 Å². The number of carbonyl (C=O) groups excluding carboxylic acids is 2. The van der Waals surface area contributed by atoms with E-state index in [1.54, 1.807) is 4.90 Å². The van der Waals surface area contributed by atoms with Crippen molar-refractivity contribution in [2.24, 2.45) is 5.41 Å². The van der Waals surface area contributed by atoms with Gasteiger partial charge in [0.1, 0.15) is 6.04 Å². The number of benzene rings is 1. The van der Waals surface area contributed by atoms with Crippen molar-refractivity contribution in [2.45, 2.75) is 32.4 Å². The molecule has 2 aliphatic rings. The molecule has 1 N–H and O–H groups in total. The van der Waals surface area contributed by atoms with Gasteiger partial charge in [0, 0.05) is 6.04 Å². The summed E-state index contributed by atoms with van der Waals surface area (Å²) in [7, 11) is 0. The first-order valence-electron chi connectivity index (χ1n) is 6.64. The Morgan fingerprint density at radius 3 is 2.42 bits per heavy atom. The smallest absolute Gasteiger partial charge is 0.247 e. The number of hydrogen-bond donors (Lipinski definition) is 1. The van der Waals surface area contributed by atoms with Gasteiger partial charge in [-0.25, -0.2) is 0 Å². The zero-order valence-electron chi connectivity index (χ0n) is 11.2. The molecule has 1 aromatic carbocycles. The molecule has 0 aromatic heterocycles. The highest BCUT2D eigenvalue weighted by Crippen LogP contribution is 2.51. The van der Waals surface area contributed by atoms with Gasteiger partial charge in [-0.05, 0) is 17.4 Å². The minimum atomic E-state index is -0.478. The molecule has 4 heteroatoms. The third-order valence-electron chi connectivity index (χ3n) is 4.14. The molecule has 0 radical (unpaired) electrons. The highest BCUT2D eigenvalue weighted by molar-refractivity contribution is 5.96. The standard InChI is InChI=1S/C15H18N2O2/c1-15(2)8-11(15)17-12(18)9-16-14(19)13(17)10-6-4-3-5-7-10/h3-7,11,13H,8-9H2,1-2H3,(H,16,19). The second kappa shape index (κ2) is 4.08. The molecule has 2 amide bonds. The molecule has 1 aliphatic heterocycles. The Kier molecular flexibility index (Phi) is 2.62. The molecule has 0 spiro atoms. The number of piperazine rings is 1. The Labute approximate surface area is 112 Å². The lowest BCUT2D eigenvalue weighted by atomic mass is 10.0. The topological polar surface area (TPSA) is 49.4 Å². The molecule has 4 nitrogen and oxygen atoms in total. The lowest BCUT2D eigenvalue weighted by Crippen LogP contribution is -2.55. The number of hydrogen-bond acceptors (Lipinski definition) is 2. The summed E-state index contributed by atoms with van der Waals surface area (Å²) in [6, 6.07) is 9.23. The molecule has 3 rings (SSSR count). The van der Waals surface area contributed by atoms with E-state index in [-0.39, 0.29) is 29.8 Å². The minimum Gasteiger partial charge on any atom is -0.345 e. The molecule has 1 heterocycles. The van der Waals surface area contributed by atoms with Crippen molar-refractivity contribution in [3.8, 4) is 0 Å². The van der Waals surface area contributed by atoms with E-state index in [9.17, 15) is 9.59 Å². The van der Waals surface area contributed by atoms with Gasteiger partial charge >= 0.3 is 0 Å². The van der Waals surface area contributed by atoms with Crippen LogP contribution in [0.15, 0.2) is 30.3 Å². The molecule has 1 saturated carbocycles. The minimum absolute atomic E-state index is 0.0176. The van der Waals surface area contributed by atoms with Gasteiger partial charge in [-0.1, -0.05) is 44.2 Å². The fraction of sp³-hybridized carbons (Fsp3) is 0.467. The van der Waals surface area contributed by atoms with Gasteiger partial charge in [-0.2, -0.15) is 0 Å². The van der Waals surface area contributed by atoms with Crippen molar-refractivity contribution in [3.63, 3.8) is 0 Å². The average molecular weight is 258 g/mol. The van der Waals surface area contributed by atoms with Crippen LogP contribution in [0.4, 0.5) is 0 Å². The van der Waals surface area contributed by atoms with Gasteiger partial charge < -0.3 is 10.2 Å². The summed E-state index contributed by atoms with van der Waals surface area (Å²) < 4.78 is 0. The van der Waals surface area contributed by atoms with Crippen LogP contribution in [0.3, 0.4) is 0 Å². The first-order chi connectivity index (χ1) is 9.00. The molecule has 1 aliphatic carbocycles. The molecular weight excluding hydrogens is 240 g/mol. The maximum atomic E-state index is 12.2. The quantitative estimate of drug-likeness (QED) is 0.873. The summed E-state index contributed by atoms with van der Waals surface area (Å²) in [6.07, 6.45) is 0.968. The van der Waals surface area contributed by atoms with E-state index in [0.29, 0.717) is 0 Å². The van der Waals surface area contributed by atoms with E-state index in [1.807, 2.05) is 30.3 Å². The summed E-state index contributed by atoms with van der Waals surface area (Å²) >= 11 is 0. The number of carbonyl (C=O) groups is 2. The van der Waals surface area contributed by atoms with Crippen LogP contribution in [0.1, 0.15) is 31.9 Å². The molecule has 2 fully saturated rings. The first kappa shape index (κ1) is 12.2.